The quantitative estimate of drug-likeness (QED) is 0.774. The van der Waals surface area contributed by atoms with E-state index in [-0.39, 0.29) is 11.5 Å². The van der Waals surface area contributed by atoms with Crippen LogP contribution in [0.3, 0.4) is 0 Å². The van der Waals surface area contributed by atoms with Crippen molar-refractivity contribution >= 4 is 5.78 Å². The van der Waals surface area contributed by atoms with Crippen LogP contribution in [0.4, 0.5) is 0 Å². The Bertz CT molecular complexity index is 514. The van der Waals surface area contributed by atoms with Gasteiger partial charge in [0.05, 0.1) is 6.10 Å². The smallest absolute Gasteiger partial charge is 0.136 e. The van der Waals surface area contributed by atoms with E-state index in [4.69, 9.17) is 0 Å². The van der Waals surface area contributed by atoms with E-state index < -0.39 is 0 Å². The van der Waals surface area contributed by atoms with Crippen molar-refractivity contribution in [3.63, 3.8) is 0 Å². The fraction of sp³-hybridized carbons (Fsp3) is 0.955. The van der Waals surface area contributed by atoms with E-state index in [9.17, 15) is 9.90 Å². The van der Waals surface area contributed by atoms with Gasteiger partial charge in [-0.15, -0.1) is 0 Å². The zero-order valence-corrected chi connectivity index (χ0v) is 15.9. The zero-order valence-electron chi connectivity index (χ0n) is 15.9. The maximum atomic E-state index is 12.8. The standard InChI is InChI=1S/C22H36O2/c1-4-15-6-8-20-18-7-5-16-13-17(24)9-11-21(16,3)19(18)10-12-22(15,20)14(2)23/h15-20,24H,4-13H2,1-3H3/t15?,16-,17+,18+,19-,20-,21-,22?/m0/s1. The first-order chi connectivity index (χ1) is 11.4. The molecule has 4 aliphatic carbocycles. The van der Waals surface area contributed by atoms with Crippen LogP contribution in [0.2, 0.25) is 0 Å². The van der Waals surface area contributed by atoms with Gasteiger partial charge in [-0.1, -0.05) is 20.3 Å². The van der Waals surface area contributed by atoms with Crippen LogP contribution in [-0.2, 0) is 4.79 Å². The first-order valence-electron chi connectivity index (χ1n) is 10.6. The summed E-state index contributed by atoms with van der Waals surface area (Å²) in [7, 11) is 0. The number of rotatable bonds is 2. The van der Waals surface area contributed by atoms with Crippen LogP contribution in [0.25, 0.3) is 0 Å². The van der Waals surface area contributed by atoms with E-state index in [1.807, 2.05) is 6.92 Å². The molecule has 2 nitrogen and oxygen atoms in total. The van der Waals surface area contributed by atoms with Crippen LogP contribution in [0.5, 0.6) is 0 Å². The van der Waals surface area contributed by atoms with Crippen molar-refractivity contribution < 1.29 is 9.90 Å². The minimum absolute atomic E-state index is 0.0211. The maximum absolute atomic E-state index is 12.8. The molecule has 0 bridgehead atoms. The third-order valence-corrected chi connectivity index (χ3v) is 9.47. The number of fused-ring (bicyclic) bond motifs is 5. The van der Waals surface area contributed by atoms with E-state index in [0.717, 1.165) is 37.0 Å². The molecule has 24 heavy (non-hydrogen) atoms. The normalized spacial score (nSPS) is 53.8. The molecule has 4 aliphatic rings. The lowest BCUT2D eigenvalue weighted by Gasteiger charge is -2.61. The van der Waals surface area contributed by atoms with Crippen LogP contribution >= 0.6 is 0 Å². The van der Waals surface area contributed by atoms with Gasteiger partial charge < -0.3 is 5.11 Å². The lowest BCUT2D eigenvalue weighted by molar-refractivity contribution is -0.153. The Hall–Kier alpha value is -0.370. The van der Waals surface area contributed by atoms with Gasteiger partial charge in [-0.3, -0.25) is 4.79 Å². The largest absolute Gasteiger partial charge is 0.393 e. The third kappa shape index (κ3) is 2.14. The maximum Gasteiger partial charge on any atom is 0.136 e. The molecular weight excluding hydrogens is 296 g/mol. The molecule has 0 radical (unpaired) electrons. The molecule has 2 unspecified atom stereocenters. The molecule has 2 heteroatoms. The molecule has 0 aromatic carbocycles. The second-order valence-corrected chi connectivity index (χ2v) is 9.90. The second kappa shape index (κ2) is 5.83. The summed E-state index contributed by atoms with van der Waals surface area (Å²) in [6, 6.07) is 0. The Morgan fingerprint density at radius 2 is 1.83 bits per heavy atom. The summed E-state index contributed by atoms with van der Waals surface area (Å²) in [6.07, 6.45) is 11.9. The van der Waals surface area contributed by atoms with Gasteiger partial charge in [-0.05, 0) is 99.7 Å². The first kappa shape index (κ1) is 17.1. The summed E-state index contributed by atoms with van der Waals surface area (Å²) in [5.41, 5.74) is 0.447. The molecule has 1 N–H and O–H groups in total. The van der Waals surface area contributed by atoms with Gasteiger partial charge in [0.2, 0.25) is 0 Å². The number of carbonyl (C=O) groups excluding carboxylic acids is 1. The summed E-state index contributed by atoms with van der Waals surface area (Å²) >= 11 is 0. The summed E-state index contributed by atoms with van der Waals surface area (Å²) in [5, 5.41) is 10.1. The van der Waals surface area contributed by atoms with Crippen LogP contribution < -0.4 is 0 Å². The van der Waals surface area contributed by atoms with Crippen LogP contribution in [0, 0.1) is 40.4 Å². The lowest BCUT2D eigenvalue weighted by atomic mass is 9.44. The SMILES string of the molecule is CCC1CC[C@H]2[C@@H]3CC[C@H]4C[C@H](O)CC[C@]4(C)[C@H]3CCC12C(C)=O. The topological polar surface area (TPSA) is 37.3 Å². The fourth-order valence-corrected chi connectivity index (χ4v) is 8.31. The van der Waals surface area contributed by atoms with Crippen LogP contribution in [0.1, 0.15) is 85.0 Å². The van der Waals surface area contributed by atoms with Crippen molar-refractivity contribution in [2.75, 3.05) is 0 Å². The number of ketones is 1. The monoisotopic (exact) mass is 332 g/mol. The fourth-order valence-electron chi connectivity index (χ4n) is 8.31. The third-order valence-electron chi connectivity index (χ3n) is 9.47. The number of Topliss-reactive ketones (excluding diaryl/α,β-unsaturated/α-hetero) is 1. The Morgan fingerprint density at radius 1 is 1.04 bits per heavy atom. The highest BCUT2D eigenvalue weighted by Gasteiger charge is 2.62. The molecule has 4 rings (SSSR count). The second-order valence-electron chi connectivity index (χ2n) is 9.90. The molecule has 4 fully saturated rings. The molecule has 0 amide bonds. The molecule has 0 aromatic heterocycles. The molecule has 0 saturated heterocycles. The average molecular weight is 333 g/mol. The van der Waals surface area contributed by atoms with Gasteiger partial charge in [0, 0.05) is 5.41 Å². The molecular formula is C22H36O2. The van der Waals surface area contributed by atoms with E-state index >= 15 is 0 Å². The predicted molar refractivity (Wildman–Crippen MR) is 96.5 cm³/mol. The number of hydrogen-bond donors (Lipinski definition) is 1. The molecule has 0 heterocycles. The van der Waals surface area contributed by atoms with E-state index in [1.54, 1.807) is 0 Å². The summed E-state index contributed by atoms with van der Waals surface area (Å²) in [4.78, 5) is 12.8. The summed E-state index contributed by atoms with van der Waals surface area (Å²) < 4.78 is 0. The van der Waals surface area contributed by atoms with Crippen molar-refractivity contribution in [2.24, 2.45) is 40.4 Å². The lowest BCUT2D eigenvalue weighted by Crippen LogP contribution is -2.56. The van der Waals surface area contributed by atoms with Crippen molar-refractivity contribution in [2.45, 2.75) is 91.1 Å². The van der Waals surface area contributed by atoms with Crippen LogP contribution in [0.15, 0.2) is 0 Å². The van der Waals surface area contributed by atoms with Crippen molar-refractivity contribution in [3.05, 3.63) is 0 Å². The highest BCUT2D eigenvalue weighted by atomic mass is 16.3. The molecule has 8 atom stereocenters. The molecule has 0 spiro atoms. The van der Waals surface area contributed by atoms with E-state index in [0.29, 0.717) is 23.0 Å². The number of aliphatic hydroxyl groups excluding tert-OH is 1. The minimum Gasteiger partial charge on any atom is -0.393 e. The number of hydrogen-bond acceptors (Lipinski definition) is 2. The van der Waals surface area contributed by atoms with Crippen molar-refractivity contribution in [1.29, 1.82) is 0 Å². The average Bonchev–Trinajstić information content (AvgIpc) is 2.95. The highest BCUT2D eigenvalue weighted by molar-refractivity contribution is 5.83. The van der Waals surface area contributed by atoms with Gasteiger partial charge in [0.25, 0.3) is 0 Å². The van der Waals surface area contributed by atoms with Gasteiger partial charge in [0.15, 0.2) is 0 Å². The van der Waals surface area contributed by atoms with Gasteiger partial charge >= 0.3 is 0 Å². The van der Waals surface area contributed by atoms with Gasteiger partial charge in [-0.25, -0.2) is 0 Å². The van der Waals surface area contributed by atoms with Crippen molar-refractivity contribution in [1.82, 2.24) is 0 Å². The Morgan fingerprint density at radius 3 is 2.54 bits per heavy atom. The van der Waals surface area contributed by atoms with Crippen LogP contribution in [-0.4, -0.2) is 17.0 Å². The first-order valence-corrected chi connectivity index (χ1v) is 10.6. The van der Waals surface area contributed by atoms with E-state index in [1.165, 1.54) is 44.9 Å². The molecule has 0 aromatic rings. The molecule has 0 aliphatic heterocycles. The van der Waals surface area contributed by atoms with Crippen molar-refractivity contribution in [3.8, 4) is 0 Å². The Balaban J connectivity index is 1.66. The Kier molecular flexibility index (Phi) is 4.14. The summed E-state index contributed by atoms with van der Waals surface area (Å²) in [5.74, 6) is 4.09. The summed E-state index contributed by atoms with van der Waals surface area (Å²) in [6.45, 7) is 6.73. The molecule has 136 valence electrons. The Labute approximate surface area is 147 Å². The minimum atomic E-state index is -0.0597. The zero-order chi connectivity index (χ0) is 17.1. The predicted octanol–water partition coefficient (Wildman–Crippen LogP) is 4.99. The molecule has 4 saturated carbocycles. The van der Waals surface area contributed by atoms with Gasteiger partial charge in [0.1, 0.15) is 5.78 Å². The van der Waals surface area contributed by atoms with E-state index in [2.05, 4.69) is 13.8 Å². The number of aliphatic hydroxyl groups is 1. The van der Waals surface area contributed by atoms with Gasteiger partial charge in [-0.2, -0.15) is 0 Å². The number of carbonyl (C=O) groups is 1. The highest BCUT2D eigenvalue weighted by Crippen LogP contribution is 2.68.